The van der Waals surface area contributed by atoms with Gasteiger partial charge in [0.25, 0.3) is 0 Å². The first-order valence-electron chi connectivity index (χ1n) is 13.6. The molecule has 2 saturated heterocycles. The van der Waals surface area contributed by atoms with Crippen molar-refractivity contribution in [3.63, 3.8) is 0 Å². The van der Waals surface area contributed by atoms with E-state index in [0.29, 0.717) is 11.8 Å². The van der Waals surface area contributed by atoms with E-state index in [1.807, 2.05) is 6.92 Å². The van der Waals surface area contributed by atoms with Gasteiger partial charge in [-0.3, -0.25) is 9.59 Å². The molecule has 2 fully saturated rings. The Morgan fingerprint density at radius 1 is 1.11 bits per heavy atom. The van der Waals surface area contributed by atoms with Crippen LogP contribution in [0.25, 0.3) is 0 Å². The fraction of sp³-hybridized carbons (Fsp3) is 0.667. The molecule has 8 atom stereocenters. The maximum absolute atomic E-state index is 12.3. The van der Waals surface area contributed by atoms with Gasteiger partial charge in [0, 0.05) is 19.6 Å². The van der Waals surface area contributed by atoms with Crippen LogP contribution in [0, 0.1) is 11.8 Å². The number of esters is 1. The summed E-state index contributed by atoms with van der Waals surface area (Å²) in [6.45, 7) is 14.9. The van der Waals surface area contributed by atoms with Gasteiger partial charge >= 0.3 is 5.97 Å². The van der Waals surface area contributed by atoms with E-state index >= 15 is 0 Å². The maximum atomic E-state index is 12.3. The van der Waals surface area contributed by atoms with Crippen LogP contribution in [0.1, 0.15) is 67.2 Å². The third-order valence-electron chi connectivity index (χ3n) is 6.69. The summed E-state index contributed by atoms with van der Waals surface area (Å²) >= 11 is 0. The lowest BCUT2D eigenvalue weighted by molar-refractivity contribution is -0.143. The van der Waals surface area contributed by atoms with Crippen molar-refractivity contribution in [2.75, 3.05) is 13.2 Å². The Hall–Kier alpha value is -2.26. The molecule has 8 heteroatoms. The Labute approximate surface area is 228 Å². The zero-order chi connectivity index (χ0) is 28.7. The number of carbonyl (C=O) groups is 2. The number of amides is 1. The summed E-state index contributed by atoms with van der Waals surface area (Å²) in [5.74, 6) is 0.0145. The van der Waals surface area contributed by atoms with Crippen LogP contribution in [-0.2, 0) is 23.8 Å². The zero-order valence-corrected chi connectivity index (χ0v) is 24.0. The molecule has 0 aliphatic carbocycles. The molecule has 3 N–H and O–H groups in total. The molecule has 2 aliphatic rings. The van der Waals surface area contributed by atoms with Crippen molar-refractivity contribution < 1.29 is 34.0 Å². The SMILES string of the molecule is C=CCO.CC(=O)OC(C)/C=C\C(=O)NC1CC(C)C(C/C=C(C)/C=C/C2CC(CO)CC(C)O2)OC1C. The molecule has 0 bridgehead atoms. The summed E-state index contributed by atoms with van der Waals surface area (Å²) in [6, 6.07) is -0.0673. The Bertz CT molecular complexity index is 821. The van der Waals surface area contributed by atoms with Gasteiger partial charge in [-0.15, -0.1) is 6.58 Å². The summed E-state index contributed by atoms with van der Waals surface area (Å²) in [6.07, 6.45) is 14.0. The van der Waals surface area contributed by atoms with Gasteiger partial charge in [0.2, 0.25) is 5.91 Å². The van der Waals surface area contributed by atoms with E-state index in [1.54, 1.807) is 13.0 Å². The van der Waals surface area contributed by atoms with E-state index in [1.165, 1.54) is 19.1 Å². The molecule has 38 heavy (non-hydrogen) atoms. The highest BCUT2D eigenvalue weighted by Gasteiger charge is 2.33. The summed E-state index contributed by atoms with van der Waals surface area (Å²) in [5, 5.41) is 20.2. The number of hydrogen-bond donors (Lipinski definition) is 3. The highest BCUT2D eigenvalue weighted by atomic mass is 16.5. The molecule has 0 saturated carbocycles. The second-order valence-corrected chi connectivity index (χ2v) is 10.4. The van der Waals surface area contributed by atoms with E-state index in [2.05, 4.69) is 50.9 Å². The lowest BCUT2D eigenvalue weighted by atomic mass is 9.88. The molecule has 0 radical (unpaired) electrons. The van der Waals surface area contributed by atoms with E-state index < -0.39 is 6.10 Å². The van der Waals surface area contributed by atoms with Crippen molar-refractivity contribution in [3.8, 4) is 0 Å². The molecule has 0 aromatic heterocycles. The summed E-state index contributed by atoms with van der Waals surface area (Å²) in [5.41, 5.74) is 1.16. The van der Waals surface area contributed by atoms with Gasteiger partial charge in [-0.2, -0.15) is 0 Å². The van der Waals surface area contributed by atoms with E-state index in [9.17, 15) is 14.7 Å². The van der Waals surface area contributed by atoms with Crippen molar-refractivity contribution in [1.82, 2.24) is 5.32 Å². The van der Waals surface area contributed by atoms with Gasteiger partial charge < -0.3 is 29.7 Å². The molecular formula is C30H49NO7. The normalized spacial score (nSPS) is 30.8. The summed E-state index contributed by atoms with van der Waals surface area (Å²) in [7, 11) is 0. The first kappa shape index (κ1) is 33.8. The van der Waals surface area contributed by atoms with Crippen LogP contribution in [0.15, 0.2) is 48.6 Å². The van der Waals surface area contributed by atoms with Gasteiger partial charge in [0.15, 0.2) is 0 Å². The summed E-state index contributed by atoms with van der Waals surface area (Å²) in [4.78, 5) is 23.2. The largest absolute Gasteiger partial charge is 0.459 e. The molecular weight excluding hydrogens is 486 g/mol. The highest BCUT2D eigenvalue weighted by molar-refractivity contribution is 5.87. The second-order valence-electron chi connectivity index (χ2n) is 10.4. The lowest BCUT2D eigenvalue weighted by Crippen LogP contribution is -2.50. The van der Waals surface area contributed by atoms with Gasteiger partial charge in [0.1, 0.15) is 6.10 Å². The third kappa shape index (κ3) is 13.5. The second kappa shape index (κ2) is 18.1. The molecule has 216 valence electrons. The number of rotatable bonds is 10. The van der Waals surface area contributed by atoms with Crippen molar-refractivity contribution in [2.45, 2.75) is 104 Å². The Kier molecular flexibility index (Phi) is 16.1. The number of nitrogens with one attached hydrogen (secondary N) is 1. The molecule has 0 aromatic carbocycles. The van der Waals surface area contributed by atoms with Crippen molar-refractivity contribution in [3.05, 3.63) is 48.6 Å². The van der Waals surface area contributed by atoms with Gasteiger partial charge in [0.05, 0.1) is 37.1 Å². The topological polar surface area (TPSA) is 114 Å². The Balaban J connectivity index is 0.00000168. The smallest absolute Gasteiger partial charge is 0.303 e. The average molecular weight is 536 g/mol. The van der Waals surface area contributed by atoms with E-state index in [0.717, 1.165) is 31.3 Å². The molecule has 2 aliphatic heterocycles. The van der Waals surface area contributed by atoms with E-state index in [4.69, 9.17) is 19.3 Å². The molecule has 0 spiro atoms. The molecule has 8 nitrogen and oxygen atoms in total. The highest BCUT2D eigenvalue weighted by Crippen LogP contribution is 2.28. The fourth-order valence-electron chi connectivity index (χ4n) is 4.67. The van der Waals surface area contributed by atoms with Crippen LogP contribution in [0.3, 0.4) is 0 Å². The molecule has 8 unspecified atom stereocenters. The lowest BCUT2D eigenvalue weighted by Gasteiger charge is -2.39. The van der Waals surface area contributed by atoms with Crippen LogP contribution in [0.2, 0.25) is 0 Å². The standard InChI is InChI=1S/C27H43NO6.C3H6O/c1-17(7-10-24-15-23(16-29)14-20(4)33-24)8-11-26-18(2)13-25(21(5)34-26)28-27(31)12-9-19(3)32-22(6)30;1-2-3-4/h7-10,12,18-21,23-26,29H,11,13-16H2,1-6H3,(H,28,31);2,4H,1,3H2/b10-7+,12-9-,17-8+;. The first-order valence-corrected chi connectivity index (χ1v) is 13.6. The zero-order valence-electron chi connectivity index (χ0n) is 24.0. The monoisotopic (exact) mass is 535 g/mol. The predicted octanol–water partition coefficient (Wildman–Crippen LogP) is 4.03. The molecule has 0 aromatic rings. The van der Waals surface area contributed by atoms with Crippen molar-refractivity contribution >= 4 is 11.9 Å². The third-order valence-corrected chi connectivity index (χ3v) is 6.69. The van der Waals surface area contributed by atoms with Crippen LogP contribution in [0.5, 0.6) is 0 Å². The van der Waals surface area contributed by atoms with Crippen LogP contribution >= 0.6 is 0 Å². The van der Waals surface area contributed by atoms with Gasteiger partial charge in [-0.05, 0) is 71.3 Å². The number of aliphatic hydroxyl groups excluding tert-OH is 2. The van der Waals surface area contributed by atoms with Crippen LogP contribution < -0.4 is 5.32 Å². The number of ether oxygens (including phenoxy) is 3. The van der Waals surface area contributed by atoms with Crippen molar-refractivity contribution in [2.24, 2.45) is 11.8 Å². The summed E-state index contributed by atoms with van der Waals surface area (Å²) < 4.78 is 17.2. The number of hydrogen-bond acceptors (Lipinski definition) is 7. The maximum Gasteiger partial charge on any atom is 0.303 e. The minimum Gasteiger partial charge on any atom is -0.459 e. The first-order chi connectivity index (χ1) is 18.0. The fourth-order valence-corrected chi connectivity index (χ4v) is 4.67. The Morgan fingerprint density at radius 2 is 1.79 bits per heavy atom. The van der Waals surface area contributed by atoms with Crippen LogP contribution in [-0.4, -0.2) is 71.9 Å². The van der Waals surface area contributed by atoms with E-state index in [-0.39, 0.29) is 55.5 Å². The average Bonchev–Trinajstić information content (AvgIpc) is 2.86. The minimum atomic E-state index is -0.445. The molecule has 1 amide bonds. The molecule has 2 heterocycles. The van der Waals surface area contributed by atoms with Crippen molar-refractivity contribution in [1.29, 1.82) is 0 Å². The van der Waals surface area contributed by atoms with Gasteiger partial charge in [-0.1, -0.05) is 36.8 Å². The number of carbonyl (C=O) groups excluding carboxylic acids is 2. The minimum absolute atomic E-state index is 0.0459. The number of allylic oxidation sites excluding steroid dienone is 2. The van der Waals surface area contributed by atoms with Crippen LogP contribution in [0.4, 0.5) is 0 Å². The number of aliphatic hydroxyl groups is 2. The van der Waals surface area contributed by atoms with Gasteiger partial charge in [-0.25, -0.2) is 0 Å². The Morgan fingerprint density at radius 3 is 2.39 bits per heavy atom. The predicted molar refractivity (Wildman–Crippen MR) is 149 cm³/mol. The molecule has 2 rings (SSSR count). The quantitative estimate of drug-likeness (QED) is 0.167.